The molecule has 2 aromatic rings. The molecule has 4 nitrogen and oxygen atoms in total. The lowest BCUT2D eigenvalue weighted by Gasteiger charge is -2.08. The molecule has 0 unspecified atom stereocenters. The Balaban J connectivity index is 2.32. The van der Waals surface area contributed by atoms with Crippen LogP contribution in [0, 0.1) is 0 Å². The summed E-state index contributed by atoms with van der Waals surface area (Å²) in [5.41, 5.74) is 5.74. The maximum Gasteiger partial charge on any atom is 0.239 e. The van der Waals surface area contributed by atoms with Crippen molar-refractivity contribution in [2.45, 2.75) is 0 Å². The lowest BCUT2D eigenvalue weighted by atomic mass is 10.1. The van der Waals surface area contributed by atoms with Gasteiger partial charge in [-0.25, -0.2) is 8.42 Å². The summed E-state index contributed by atoms with van der Waals surface area (Å²) >= 11 is 7.99. The largest absolute Gasteiger partial charge is 0.392 e. The number of halogens is 1. The summed E-state index contributed by atoms with van der Waals surface area (Å²) in [6.45, 7) is 0. The van der Waals surface area contributed by atoms with Crippen LogP contribution in [0.2, 0.25) is 0 Å². The van der Waals surface area contributed by atoms with Gasteiger partial charge in [-0.1, -0.05) is 40.3 Å². The van der Waals surface area contributed by atoms with Gasteiger partial charge in [0.05, 0.1) is 4.99 Å². The van der Waals surface area contributed by atoms with Crippen LogP contribution >= 0.6 is 28.1 Å². The number of nitrogens with one attached hydrogen (secondary N) is 1. The molecule has 2 aromatic carbocycles. The van der Waals surface area contributed by atoms with E-state index in [0.717, 1.165) is 15.2 Å². The van der Waals surface area contributed by atoms with Crippen LogP contribution in [0.3, 0.4) is 0 Å². The van der Waals surface area contributed by atoms with E-state index in [4.69, 9.17) is 5.73 Å². The van der Waals surface area contributed by atoms with Crippen LogP contribution in [0.4, 0.5) is 5.69 Å². The van der Waals surface area contributed by atoms with E-state index in [1.165, 1.54) is 0 Å². The highest BCUT2D eigenvalue weighted by atomic mass is 79.9. The highest BCUT2D eigenvalue weighted by Crippen LogP contribution is 2.23. The Morgan fingerprint density at radius 2 is 1.84 bits per heavy atom. The summed E-state index contributed by atoms with van der Waals surface area (Å²) in [5.74, 6) is -0.360. The van der Waals surface area contributed by atoms with Gasteiger partial charge in [0.2, 0.25) is 10.0 Å². The molecule has 0 aliphatic carbocycles. The summed E-state index contributed by atoms with van der Waals surface area (Å²) in [6.07, 6.45) is 0. The summed E-state index contributed by atoms with van der Waals surface area (Å²) in [6, 6.07) is 11.1. The smallest absolute Gasteiger partial charge is 0.239 e. The molecule has 7 heteroatoms. The van der Waals surface area contributed by atoms with Crippen LogP contribution in [-0.4, -0.2) is 19.2 Å². The van der Waals surface area contributed by atoms with Gasteiger partial charge in [0.1, 0.15) is 5.75 Å². The zero-order valence-corrected chi connectivity index (χ0v) is 13.0. The fourth-order valence-corrected chi connectivity index (χ4v) is 3.46. The van der Waals surface area contributed by atoms with Crippen LogP contribution in [0.1, 0.15) is 0 Å². The number of rotatable bonds is 4. The molecule has 0 saturated carbocycles. The first-order chi connectivity index (χ1) is 8.85. The number of hydrogen-bond donors (Lipinski definition) is 2. The zero-order chi connectivity index (χ0) is 14.0. The van der Waals surface area contributed by atoms with E-state index in [2.05, 4.69) is 32.9 Å². The van der Waals surface area contributed by atoms with E-state index in [-0.39, 0.29) is 10.7 Å². The Morgan fingerprint density at radius 1 is 1.21 bits per heavy atom. The Hall–Kier alpha value is -1.18. The van der Waals surface area contributed by atoms with Gasteiger partial charge in [0.15, 0.2) is 0 Å². The fourth-order valence-electron chi connectivity index (χ4n) is 1.68. The van der Waals surface area contributed by atoms with Gasteiger partial charge in [0, 0.05) is 10.2 Å². The zero-order valence-electron chi connectivity index (χ0n) is 9.76. The maximum atomic E-state index is 11.7. The van der Waals surface area contributed by atoms with E-state index in [1.54, 1.807) is 12.1 Å². The van der Waals surface area contributed by atoms with Crippen molar-refractivity contribution in [3.05, 3.63) is 40.9 Å². The fraction of sp³-hybridized carbons (Fsp3) is 0.0833. The first-order valence-corrected chi connectivity index (χ1v) is 8.19. The maximum absolute atomic E-state index is 11.7. The van der Waals surface area contributed by atoms with Crippen molar-refractivity contribution in [1.82, 2.24) is 0 Å². The first-order valence-electron chi connectivity index (χ1n) is 5.34. The summed E-state index contributed by atoms with van der Waals surface area (Å²) in [4.78, 5) is -0.0581. The number of benzene rings is 2. The molecule has 0 saturated heterocycles. The molecule has 0 aliphatic rings. The summed E-state index contributed by atoms with van der Waals surface area (Å²) in [5, 5.41) is 1.96. The number of anilines is 1. The minimum atomic E-state index is -3.54. The molecule has 3 N–H and O–H groups in total. The highest BCUT2D eigenvalue weighted by molar-refractivity contribution is 9.10. The van der Waals surface area contributed by atoms with E-state index in [9.17, 15) is 8.42 Å². The van der Waals surface area contributed by atoms with Crippen molar-refractivity contribution >= 4 is 59.6 Å². The molecule has 2 rings (SSSR count). The second kappa shape index (κ2) is 5.44. The predicted octanol–water partition coefficient (Wildman–Crippen LogP) is 2.63. The molecule has 0 fully saturated rings. The van der Waals surface area contributed by atoms with Gasteiger partial charge >= 0.3 is 0 Å². The van der Waals surface area contributed by atoms with E-state index in [1.807, 2.05) is 24.3 Å². The molecule has 0 radical (unpaired) electrons. The molecule has 0 atom stereocenters. The van der Waals surface area contributed by atoms with Crippen LogP contribution < -0.4 is 10.5 Å². The van der Waals surface area contributed by atoms with Crippen LogP contribution in [0.5, 0.6) is 0 Å². The second-order valence-corrected chi connectivity index (χ2v) is 7.20. The Bertz CT molecular complexity index is 744. The van der Waals surface area contributed by atoms with Crippen molar-refractivity contribution < 1.29 is 8.42 Å². The minimum Gasteiger partial charge on any atom is -0.392 e. The molecule has 0 aliphatic heterocycles. The van der Waals surface area contributed by atoms with E-state index < -0.39 is 10.0 Å². The molecular weight excluding hydrogens is 348 g/mol. The summed E-state index contributed by atoms with van der Waals surface area (Å²) in [7, 11) is -3.54. The second-order valence-electron chi connectivity index (χ2n) is 4.03. The number of thiocarbonyl (C=S) groups is 1. The standard InChI is InChI=1S/C12H11BrN2O2S2/c13-10-3-1-9-6-11(4-2-8(9)5-10)15-19(16,17)7-12(14)18/h1-6,15H,7H2,(H2,14,18). The number of hydrogen-bond acceptors (Lipinski definition) is 3. The van der Waals surface area contributed by atoms with E-state index >= 15 is 0 Å². The van der Waals surface area contributed by atoms with Crippen molar-refractivity contribution in [1.29, 1.82) is 0 Å². The first kappa shape index (κ1) is 14.2. The Kier molecular flexibility index (Phi) is 4.07. The average Bonchev–Trinajstić information content (AvgIpc) is 2.27. The van der Waals surface area contributed by atoms with E-state index in [0.29, 0.717) is 5.69 Å². The third-order valence-corrected chi connectivity index (χ3v) is 4.47. The quantitative estimate of drug-likeness (QED) is 0.824. The molecule has 19 heavy (non-hydrogen) atoms. The Labute approximate surface area is 125 Å². The minimum absolute atomic E-state index is 0.0581. The van der Waals surface area contributed by atoms with Gasteiger partial charge in [0.25, 0.3) is 0 Å². The normalized spacial score (nSPS) is 11.4. The molecule has 100 valence electrons. The van der Waals surface area contributed by atoms with Gasteiger partial charge < -0.3 is 5.73 Å². The molecule has 0 aromatic heterocycles. The van der Waals surface area contributed by atoms with Crippen molar-refractivity contribution in [3.8, 4) is 0 Å². The number of fused-ring (bicyclic) bond motifs is 1. The molecule has 0 spiro atoms. The third kappa shape index (κ3) is 3.89. The number of nitrogens with two attached hydrogens (primary N) is 1. The van der Waals surface area contributed by atoms with Crippen molar-refractivity contribution in [2.75, 3.05) is 10.5 Å². The molecule has 0 amide bonds. The highest BCUT2D eigenvalue weighted by Gasteiger charge is 2.12. The van der Waals surface area contributed by atoms with Gasteiger partial charge in [-0.3, -0.25) is 4.72 Å². The van der Waals surface area contributed by atoms with Crippen LogP contribution in [0.25, 0.3) is 10.8 Å². The molecule has 0 bridgehead atoms. The Morgan fingerprint density at radius 3 is 2.53 bits per heavy atom. The number of sulfonamides is 1. The third-order valence-electron chi connectivity index (χ3n) is 2.41. The average molecular weight is 359 g/mol. The van der Waals surface area contributed by atoms with Gasteiger partial charge in [-0.05, 0) is 35.0 Å². The summed E-state index contributed by atoms with van der Waals surface area (Å²) < 4.78 is 26.9. The van der Waals surface area contributed by atoms with Crippen molar-refractivity contribution in [2.24, 2.45) is 5.73 Å². The lowest BCUT2D eigenvalue weighted by Crippen LogP contribution is -2.26. The van der Waals surface area contributed by atoms with Gasteiger partial charge in [-0.2, -0.15) is 0 Å². The van der Waals surface area contributed by atoms with Crippen molar-refractivity contribution in [3.63, 3.8) is 0 Å². The monoisotopic (exact) mass is 358 g/mol. The molecule has 0 heterocycles. The van der Waals surface area contributed by atoms with Crippen LogP contribution in [0.15, 0.2) is 40.9 Å². The lowest BCUT2D eigenvalue weighted by molar-refractivity contribution is 0.605. The molecular formula is C12H11BrN2O2S2. The predicted molar refractivity (Wildman–Crippen MR) is 85.8 cm³/mol. The topological polar surface area (TPSA) is 72.2 Å². The van der Waals surface area contributed by atoms with Gasteiger partial charge in [-0.15, -0.1) is 0 Å². The SMILES string of the molecule is NC(=S)CS(=O)(=O)Nc1ccc2cc(Br)ccc2c1. The van der Waals surface area contributed by atoms with Crippen LogP contribution in [-0.2, 0) is 10.0 Å².